The Hall–Kier alpha value is -3.41. The summed E-state index contributed by atoms with van der Waals surface area (Å²) in [4.78, 5) is 12.8. The third-order valence-corrected chi connectivity index (χ3v) is 3.78. The molecule has 0 amide bonds. The second kappa shape index (κ2) is 5.66. The van der Waals surface area contributed by atoms with Crippen LogP contribution >= 0.6 is 0 Å². The SMILES string of the molecule is Nc1nc(N)c2c(n1)OC(c1ccccc1)C(c1ccccc1)=N2. The molecule has 0 saturated heterocycles. The van der Waals surface area contributed by atoms with Gasteiger partial charge in [0.2, 0.25) is 11.8 Å². The quantitative estimate of drug-likeness (QED) is 0.757. The van der Waals surface area contributed by atoms with Gasteiger partial charge in [-0.1, -0.05) is 60.7 Å². The van der Waals surface area contributed by atoms with Gasteiger partial charge in [-0.05, 0) is 5.56 Å². The number of hydrogen-bond donors (Lipinski definition) is 2. The molecular weight excluding hydrogens is 302 g/mol. The van der Waals surface area contributed by atoms with Crippen LogP contribution in [0, 0.1) is 0 Å². The van der Waals surface area contributed by atoms with E-state index in [0.717, 1.165) is 16.8 Å². The normalized spacial score (nSPS) is 16.0. The Morgan fingerprint density at radius 1 is 0.833 bits per heavy atom. The maximum atomic E-state index is 6.10. The van der Waals surface area contributed by atoms with Crippen molar-refractivity contribution in [2.24, 2.45) is 4.99 Å². The van der Waals surface area contributed by atoms with E-state index in [0.29, 0.717) is 11.6 Å². The number of aliphatic imine (C=N–C) groups is 1. The number of nitrogens with two attached hydrogens (primary N) is 2. The van der Waals surface area contributed by atoms with Gasteiger partial charge in [0, 0.05) is 5.56 Å². The summed E-state index contributed by atoms with van der Waals surface area (Å²) in [5, 5.41) is 0. The summed E-state index contributed by atoms with van der Waals surface area (Å²) in [5.41, 5.74) is 14.7. The Labute approximate surface area is 138 Å². The van der Waals surface area contributed by atoms with Crippen LogP contribution < -0.4 is 16.2 Å². The molecule has 4 rings (SSSR count). The Morgan fingerprint density at radius 3 is 2.21 bits per heavy atom. The lowest BCUT2D eigenvalue weighted by molar-refractivity contribution is 0.259. The van der Waals surface area contributed by atoms with Crippen LogP contribution in [0.4, 0.5) is 17.5 Å². The highest BCUT2D eigenvalue weighted by Crippen LogP contribution is 2.40. The van der Waals surface area contributed by atoms with Crippen molar-refractivity contribution in [2.75, 3.05) is 11.5 Å². The van der Waals surface area contributed by atoms with Gasteiger partial charge in [0.15, 0.2) is 17.6 Å². The number of nitrogen functional groups attached to an aromatic ring is 2. The van der Waals surface area contributed by atoms with Crippen LogP contribution in [0.1, 0.15) is 17.2 Å². The zero-order valence-electron chi connectivity index (χ0n) is 12.8. The topological polar surface area (TPSA) is 99.4 Å². The molecule has 0 radical (unpaired) electrons. The Balaban J connectivity index is 1.91. The van der Waals surface area contributed by atoms with E-state index in [1.807, 2.05) is 60.7 Å². The molecule has 1 aliphatic rings. The zero-order valence-corrected chi connectivity index (χ0v) is 12.8. The molecule has 0 bridgehead atoms. The highest BCUT2D eigenvalue weighted by molar-refractivity contribution is 6.07. The minimum atomic E-state index is -0.394. The van der Waals surface area contributed by atoms with Crippen molar-refractivity contribution in [2.45, 2.75) is 6.10 Å². The smallest absolute Gasteiger partial charge is 0.248 e. The summed E-state index contributed by atoms with van der Waals surface area (Å²) >= 11 is 0. The largest absolute Gasteiger partial charge is 0.461 e. The number of benzene rings is 2. The van der Waals surface area contributed by atoms with Crippen LogP contribution in [-0.2, 0) is 0 Å². The highest BCUT2D eigenvalue weighted by atomic mass is 16.5. The predicted molar refractivity (Wildman–Crippen MR) is 93.3 cm³/mol. The van der Waals surface area contributed by atoms with Gasteiger partial charge >= 0.3 is 0 Å². The molecule has 0 spiro atoms. The van der Waals surface area contributed by atoms with Gasteiger partial charge in [0.1, 0.15) is 0 Å². The van der Waals surface area contributed by atoms with Gasteiger partial charge in [-0.3, -0.25) is 0 Å². The second-order valence-corrected chi connectivity index (χ2v) is 5.39. The standard InChI is InChI=1S/C18H15N5O/c19-16-14-17(23-18(20)22-16)24-15(12-9-5-2-6-10-12)13(21-14)11-7-3-1-4-8-11/h1-10,15H,(H4,19,20,22,23). The van der Waals surface area contributed by atoms with Crippen molar-refractivity contribution in [3.05, 3.63) is 71.8 Å². The monoisotopic (exact) mass is 317 g/mol. The first-order chi connectivity index (χ1) is 11.7. The molecule has 2 heterocycles. The van der Waals surface area contributed by atoms with Gasteiger partial charge in [-0.15, -0.1) is 0 Å². The van der Waals surface area contributed by atoms with E-state index in [9.17, 15) is 0 Å². The Kier molecular flexibility index (Phi) is 3.35. The third kappa shape index (κ3) is 2.44. The van der Waals surface area contributed by atoms with Crippen molar-refractivity contribution >= 4 is 23.2 Å². The predicted octanol–water partition coefficient (Wildman–Crippen LogP) is 2.90. The van der Waals surface area contributed by atoms with Crippen molar-refractivity contribution in [1.82, 2.24) is 9.97 Å². The lowest BCUT2D eigenvalue weighted by atomic mass is 9.98. The molecule has 3 aromatic rings. The number of rotatable bonds is 2. The summed E-state index contributed by atoms with van der Waals surface area (Å²) in [6.07, 6.45) is -0.394. The molecular formula is C18H15N5O. The van der Waals surface area contributed by atoms with Crippen LogP contribution in [0.3, 0.4) is 0 Å². The van der Waals surface area contributed by atoms with Crippen molar-refractivity contribution in [1.29, 1.82) is 0 Å². The first-order valence-corrected chi connectivity index (χ1v) is 7.51. The number of nitrogens with zero attached hydrogens (tertiary/aromatic N) is 3. The number of fused-ring (bicyclic) bond motifs is 1. The van der Waals surface area contributed by atoms with Crippen molar-refractivity contribution < 1.29 is 4.74 Å². The fourth-order valence-electron chi connectivity index (χ4n) is 2.68. The summed E-state index contributed by atoms with van der Waals surface area (Å²) in [5.74, 6) is 0.572. The number of hydrogen-bond acceptors (Lipinski definition) is 6. The van der Waals surface area contributed by atoms with Crippen LogP contribution in [-0.4, -0.2) is 15.7 Å². The van der Waals surface area contributed by atoms with E-state index in [1.165, 1.54) is 0 Å². The molecule has 1 aromatic heterocycles. The molecule has 1 aliphatic heterocycles. The molecule has 118 valence electrons. The molecule has 0 aliphatic carbocycles. The van der Waals surface area contributed by atoms with E-state index in [2.05, 4.69) is 9.97 Å². The van der Waals surface area contributed by atoms with Crippen LogP contribution in [0.25, 0.3) is 0 Å². The molecule has 1 unspecified atom stereocenters. The fraction of sp³-hybridized carbons (Fsp3) is 0.0556. The van der Waals surface area contributed by atoms with E-state index in [1.54, 1.807) is 0 Å². The first kappa shape index (κ1) is 14.2. The van der Waals surface area contributed by atoms with E-state index >= 15 is 0 Å². The van der Waals surface area contributed by atoms with Crippen LogP contribution in [0.5, 0.6) is 5.88 Å². The van der Waals surface area contributed by atoms with Crippen LogP contribution in [0.15, 0.2) is 65.7 Å². The van der Waals surface area contributed by atoms with Crippen molar-refractivity contribution in [3.8, 4) is 5.88 Å². The average molecular weight is 317 g/mol. The number of aromatic nitrogens is 2. The van der Waals surface area contributed by atoms with Gasteiger partial charge in [-0.2, -0.15) is 9.97 Å². The molecule has 4 N–H and O–H groups in total. The van der Waals surface area contributed by atoms with E-state index < -0.39 is 6.10 Å². The van der Waals surface area contributed by atoms with Gasteiger partial charge in [0.25, 0.3) is 0 Å². The van der Waals surface area contributed by atoms with Crippen LogP contribution in [0.2, 0.25) is 0 Å². The molecule has 6 heteroatoms. The number of ether oxygens (including phenoxy) is 1. The first-order valence-electron chi connectivity index (χ1n) is 7.51. The molecule has 0 saturated carbocycles. The van der Waals surface area contributed by atoms with Crippen molar-refractivity contribution in [3.63, 3.8) is 0 Å². The minimum absolute atomic E-state index is 0.0661. The molecule has 0 fully saturated rings. The molecule has 6 nitrogen and oxygen atoms in total. The molecule has 1 atom stereocenters. The third-order valence-electron chi connectivity index (χ3n) is 3.78. The van der Waals surface area contributed by atoms with E-state index in [-0.39, 0.29) is 11.8 Å². The minimum Gasteiger partial charge on any atom is -0.461 e. The summed E-state index contributed by atoms with van der Waals surface area (Å²) in [6.45, 7) is 0. The molecule has 24 heavy (non-hydrogen) atoms. The lowest BCUT2D eigenvalue weighted by Gasteiger charge is -2.26. The maximum Gasteiger partial charge on any atom is 0.248 e. The summed E-state index contributed by atoms with van der Waals surface area (Å²) < 4.78 is 6.10. The Morgan fingerprint density at radius 2 is 1.50 bits per heavy atom. The average Bonchev–Trinajstić information content (AvgIpc) is 2.62. The van der Waals surface area contributed by atoms with Gasteiger partial charge < -0.3 is 16.2 Å². The number of anilines is 2. The second-order valence-electron chi connectivity index (χ2n) is 5.39. The molecule has 2 aromatic carbocycles. The van der Waals surface area contributed by atoms with E-state index in [4.69, 9.17) is 21.2 Å². The summed E-state index contributed by atoms with van der Waals surface area (Å²) in [6, 6.07) is 19.7. The lowest BCUT2D eigenvalue weighted by Crippen LogP contribution is -2.24. The maximum absolute atomic E-state index is 6.10. The zero-order chi connectivity index (χ0) is 16.5. The Bertz CT molecular complexity index is 909. The summed E-state index contributed by atoms with van der Waals surface area (Å²) in [7, 11) is 0. The van der Waals surface area contributed by atoms with Gasteiger partial charge in [0.05, 0.1) is 5.71 Å². The fourth-order valence-corrected chi connectivity index (χ4v) is 2.68. The highest BCUT2D eigenvalue weighted by Gasteiger charge is 2.30. The van der Waals surface area contributed by atoms with Gasteiger partial charge in [-0.25, -0.2) is 4.99 Å².